The first-order valence-corrected chi connectivity index (χ1v) is 5.76. The van der Waals surface area contributed by atoms with Crippen molar-refractivity contribution in [2.24, 2.45) is 5.41 Å². The highest BCUT2D eigenvalue weighted by Crippen LogP contribution is 2.25. The summed E-state index contributed by atoms with van der Waals surface area (Å²) in [5, 5.41) is 3.28. The van der Waals surface area contributed by atoms with Crippen LogP contribution in [0.5, 0.6) is 0 Å². The van der Waals surface area contributed by atoms with Crippen molar-refractivity contribution in [1.82, 2.24) is 10.2 Å². The lowest BCUT2D eigenvalue weighted by Gasteiger charge is -2.31. The van der Waals surface area contributed by atoms with Crippen molar-refractivity contribution in [3.63, 3.8) is 0 Å². The topological polar surface area (TPSA) is 24.5 Å². The van der Waals surface area contributed by atoms with Crippen LogP contribution >= 0.6 is 12.4 Å². The Hall–Kier alpha value is 0.0300. The van der Waals surface area contributed by atoms with Crippen molar-refractivity contribution >= 4 is 12.4 Å². The molecule has 0 aromatic rings. The fourth-order valence-corrected chi connectivity index (χ4v) is 2.19. The zero-order valence-corrected chi connectivity index (χ0v) is 11.4. The molecule has 1 aliphatic heterocycles. The van der Waals surface area contributed by atoms with Crippen LogP contribution in [0.1, 0.15) is 13.3 Å². The normalized spacial score (nSPS) is 24.4. The first-order chi connectivity index (χ1) is 7.56. The van der Waals surface area contributed by atoms with Crippen LogP contribution in [0.4, 0.5) is 8.78 Å². The van der Waals surface area contributed by atoms with Crippen molar-refractivity contribution in [1.29, 1.82) is 0 Å². The summed E-state index contributed by atoms with van der Waals surface area (Å²) in [7, 11) is 1.60. The first kappa shape index (κ1) is 17.0. The quantitative estimate of drug-likeness (QED) is 0.762. The number of rotatable bonds is 7. The summed E-state index contributed by atoms with van der Waals surface area (Å²) >= 11 is 0. The maximum Gasteiger partial charge on any atom is 0.251 e. The van der Waals surface area contributed by atoms with Gasteiger partial charge in [0.2, 0.25) is 0 Å². The third kappa shape index (κ3) is 6.50. The number of hydrogen-bond acceptors (Lipinski definition) is 3. The number of nitrogens with one attached hydrogen (secondary N) is 1. The molecular weight excluding hydrogens is 250 g/mol. The van der Waals surface area contributed by atoms with Gasteiger partial charge < -0.3 is 10.1 Å². The minimum Gasteiger partial charge on any atom is -0.383 e. The Morgan fingerprint density at radius 3 is 2.65 bits per heavy atom. The average molecular weight is 273 g/mol. The van der Waals surface area contributed by atoms with E-state index in [1.807, 2.05) is 0 Å². The lowest BCUT2D eigenvalue weighted by atomic mass is 9.89. The second-order valence-electron chi connectivity index (χ2n) is 4.86. The molecule has 6 heteroatoms. The van der Waals surface area contributed by atoms with Gasteiger partial charge in [-0.25, -0.2) is 8.78 Å². The summed E-state index contributed by atoms with van der Waals surface area (Å²) in [5.41, 5.74) is 0.128. The fraction of sp³-hybridized carbons (Fsp3) is 1.00. The molecule has 0 bridgehead atoms. The molecule has 1 aliphatic rings. The highest BCUT2D eigenvalue weighted by Gasteiger charge is 2.31. The smallest absolute Gasteiger partial charge is 0.251 e. The molecule has 0 aliphatic carbocycles. The van der Waals surface area contributed by atoms with Gasteiger partial charge in [-0.15, -0.1) is 12.4 Å². The van der Waals surface area contributed by atoms with Gasteiger partial charge in [0.1, 0.15) is 0 Å². The van der Waals surface area contributed by atoms with Gasteiger partial charge in [0.15, 0.2) is 0 Å². The molecule has 0 amide bonds. The summed E-state index contributed by atoms with van der Waals surface area (Å²) < 4.78 is 29.8. The third-order valence-electron chi connectivity index (χ3n) is 3.07. The molecule has 104 valence electrons. The Kier molecular flexibility index (Phi) is 8.20. The van der Waals surface area contributed by atoms with E-state index in [2.05, 4.69) is 12.2 Å². The van der Waals surface area contributed by atoms with E-state index in [9.17, 15) is 8.78 Å². The van der Waals surface area contributed by atoms with E-state index < -0.39 is 6.43 Å². The van der Waals surface area contributed by atoms with E-state index in [4.69, 9.17) is 4.74 Å². The summed E-state index contributed by atoms with van der Waals surface area (Å²) in [6.07, 6.45) is -1.21. The number of halogens is 3. The monoisotopic (exact) mass is 272 g/mol. The highest BCUT2D eigenvalue weighted by atomic mass is 35.5. The number of nitrogens with zero attached hydrogens (tertiary/aromatic N) is 1. The van der Waals surface area contributed by atoms with Crippen molar-refractivity contribution in [2.75, 3.05) is 46.4 Å². The molecule has 0 spiro atoms. The lowest BCUT2D eigenvalue weighted by Crippen LogP contribution is -2.41. The zero-order valence-electron chi connectivity index (χ0n) is 10.5. The van der Waals surface area contributed by atoms with E-state index in [1.165, 1.54) is 0 Å². The maximum atomic E-state index is 12.4. The number of hydrogen-bond donors (Lipinski definition) is 1. The van der Waals surface area contributed by atoms with Gasteiger partial charge in [0, 0.05) is 26.7 Å². The number of methoxy groups -OCH3 is 1. The van der Waals surface area contributed by atoms with Crippen molar-refractivity contribution < 1.29 is 13.5 Å². The Morgan fingerprint density at radius 1 is 1.47 bits per heavy atom. The van der Waals surface area contributed by atoms with Crippen LogP contribution in [0, 0.1) is 5.41 Å². The molecule has 0 radical (unpaired) electrons. The summed E-state index contributed by atoms with van der Waals surface area (Å²) in [4.78, 5) is 1.81. The molecule has 1 N–H and O–H groups in total. The van der Waals surface area contributed by atoms with E-state index in [0.29, 0.717) is 19.7 Å². The average Bonchev–Trinajstić information content (AvgIpc) is 2.60. The lowest BCUT2D eigenvalue weighted by molar-refractivity contribution is 0.0515. The second-order valence-corrected chi connectivity index (χ2v) is 4.86. The molecule has 1 saturated heterocycles. The van der Waals surface area contributed by atoms with E-state index >= 15 is 0 Å². The van der Waals surface area contributed by atoms with Gasteiger partial charge in [-0.2, -0.15) is 0 Å². The molecule has 1 unspecified atom stereocenters. The Morgan fingerprint density at radius 2 is 2.18 bits per heavy atom. The van der Waals surface area contributed by atoms with Crippen LogP contribution in [0.3, 0.4) is 0 Å². The van der Waals surface area contributed by atoms with E-state index in [-0.39, 0.29) is 24.4 Å². The Balaban J connectivity index is 0.00000256. The van der Waals surface area contributed by atoms with Crippen molar-refractivity contribution in [2.45, 2.75) is 19.8 Å². The largest absolute Gasteiger partial charge is 0.383 e. The number of alkyl halides is 2. The molecule has 0 aromatic heterocycles. The zero-order chi connectivity index (χ0) is 12.0. The van der Waals surface area contributed by atoms with Crippen LogP contribution < -0.4 is 5.32 Å². The van der Waals surface area contributed by atoms with Crippen LogP contribution in [0.25, 0.3) is 0 Å². The third-order valence-corrected chi connectivity index (χ3v) is 3.07. The predicted molar refractivity (Wildman–Crippen MR) is 67.2 cm³/mol. The summed E-state index contributed by atoms with van der Waals surface area (Å²) in [5.74, 6) is 0. The predicted octanol–water partition coefficient (Wildman–Crippen LogP) is 1.62. The fourth-order valence-electron chi connectivity index (χ4n) is 2.19. The van der Waals surface area contributed by atoms with E-state index in [1.54, 1.807) is 12.0 Å². The van der Waals surface area contributed by atoms with Gasteiger partial charge >= 0.3 is 0 Å². The van der Waals surface area contributed by atoms with Crippen LogP contribution in [0.15, 0.2) is 0 Å². The van der Waals surface area contributed by atoms with E-state index in [0.717, 1.165) is 19.5 Å². The van der Waals surface area contributed by atoms with Gasteiger partial charge in [-0.3, -0.25) is 4.90 Å². The van der Waals surface area contributed by atoms with Gasteiger partial charge in [0.25, 0.3) is 6.43 Å². The molecule has 1 fully saturated rings. The molecule has 17 heavy (non-hydrogen) atoms. The highest BCUT2D eigenvalue weighted by molar-refractivity contribution is 5.85. The number of ether oxygens (including phenoxy) is 1. The first-order valence-electron chi connectivity index (χ1n) is 5.76. The van der Waals surface area contributed by atoms with Gasteiger partial charge in [-0.1, -0.05) is 6.92 Å². The SMILES string of the molecule is COCCN(CC(F)F)CC1(C)CCNC1.Cl. The maximum absolute atomic E-state index is 12.4. The molecule has 0 saturated carbocycles. The van der Waals surface area contributed by atoms with Gasteiger partial charge in [0.05, 0.1) is 13.2 Å². The molecule has 3 nitrogen and oxygen atoms in total. The second kappa shape index (κ2) is 8.19. The van der Waals surface area contributed by atoms with Crippen LogP contribution in [-0.4, -0.2) is 57.8 Å². The molecule has 1 atom stereocenters. The minimum atomic E-state index is -2.27. The molecular formula is C11H23ClF2N2O. The van der Waals surface area contributed by atoms with Crippen LogP contribution in [-0.2, 0) is 4.74 Å². The molecule has 1 heterocycles. The van der Waals surface area contributed by atoms with Crippen molar-refractivity contribution in [3.05, 3.63) is 0 Å². The van der Waals surface area contributed by atoms with Crippen LogP contribution in [0.2, 0.25) is 0 Å². The standard InChI is InChI=1S/C11H22F2N2O.ClH/c1-11(3-4-14-8-11)9-15(5-6-16-2)7-10(12)13;/h10,14H,3-9H2,1-2H3;1H. The van der Waals surface area contributed by atoms with Gasteiger partial charge in [-0.05, 0) is 18.4 Å². The molecule has 0 aromatic carbocycles. The minimum absolute atomic E-state index is 0. The summed E-state index contributed by atoms with van der Waals surface area (Å²) in [6, 6.07) is 0. The Bertz CT molecular complexity index is 202. The molecule has 1 rings (SSSR count). The summed E-state index contributed by atoms with van der Waals surface area (Å²) in [6.45, 7) is 5.71. The Labute approximate surface area is 108 Å². The van der Waals surface area contributed by atoms with Crippen molar-refractivity contribution in [3.8, 4) is 0 Å².